The highest BCUT2D eigenvalue weighted by atomic mass is 16.5. The van der Waals surface area contributed by atoms with Crippen molar-refractivity contribution in [3.8, 4) is 17.6 Å². The van der Waals surface area contributed by atoms with Crippen LogP contribution in [0.2, 0.25) is 0 Å². The molecule has 0 amide bonds. The molecule has 2 aromatic carbocycles. The first-order chi connectivity index (χ1) is 18.5. The van der Waals surface area contributed by atoms with Crippen molar-refractivity contribution in [2.75, 3.05) is 19.1 Å². The zero-order chi connectivity index (χ0) is 26.8. The number of carbonyl (C=O) groups excluding carboxylic acids is 2. The van der Waals surface area contributed by atoms with E-state index in [0.717, 1.165) is 0 Å². The third kappa shape index (κ3) is 4.02. The zero-order valence-electron chi connectivity index (χ0n) is 20.5. The summed E-state index contributed by atoms with van der Waals surface area (Å²) in [6, 6.07) is 21.6. The van der Waals surface area contributed by atoms with E-state index < -0.39 is 17.9 Å². The molecule has 188 valence electrons. The zero-order valence-corrected chi connectivity index (χ0v) is 20.5. The number of aromatic nitrogens is 3. The van der Waals surface area contributed by atoms with Crippen molar-refractivity contribution >= 4 is 28.7 Å². The van der Waals surface area contributed by atoms with E-state index in [0.29, 0.717) is 33.8 Å². The van der Waals surface area contributed by atoms with Crippen molar-refractivity contribution in [3.05, 3.63) is 101 Å². The average molecular weight is 507 g/mol. The van der Waals surface area contributed by atoms with Crippen LogP contribution >= 0.6 is 0 Å². The number of benzene rings is 2. The minimum atomic E-state index is -0.939. The Morgan fingerprint density at radius 1 is 1.03 bits per heavy atom. The van der Waals surface area contributed by atoms with Gasteiger partial charge in [-0.05, 0) is 35.9 Å². The van der Waals surface area contributed by atoms with E-state index >= 15 is 0 Å². The van der Waals surface area contributed by atoms with E-state index in [1.807, 2.05) is 18.2 Å². The highest BCUT2D eigenvalue weighted by molar-refractivity contribution is 6.06. The fourth-order valence-electron chi connectivity index (χ4n) is 4.54. The molecule has 5 rings (SSSR count). The summed E-state index contributed by atoms with van der Waals surface area (Å²) in [5, 5.41) is 10.2. The summed E-state index contributed by atoms with van der Waals surface area (Å²) in [5.41, 5.74) is 9.39. The number of anilines is 1. The fraction of sp³-hybridized carbons (Fsp3) is 0.107. The molecule has 0 bridgehead atoms. The molecule has 3 N–H and O–H groups in total. The Balaban J connectivity index is 1.75. The number of esters is 2. The summed E-state index contributed by atoms with van der Waals surface area (Å²) < 4.78 is 10.2. The number of imidazole rings is 1. The number of aromatic amines is 1. The maximum absolute atomic E-state index is 13.2. The minimum absolute atomic E-state index is 0.0155. The number of hydrogen-bond acceptors (Lipinski definition) is 9. The van der Waals surface area contributed by atoms with Crippen molar-refractivity contribution in [2.45, 2.75) is 5.92 Å². The third-order valence-corrected chi connectivity index (χ3v) is 6.24. The minimum Gasteiger partial charge on any atom is -0.466 e. The largest absolute Gasteiger partial charge is 0.466 e. The van der Waals surface area contributed by atoms with E-state index in [1.54, 1.807) is 54.7 Å². The van der Waals surface area contributed by atoms with Crippen LogP contribution in [-0.4, -0.2) is 41.1 Å². The van der Waals surface area contributed by atoms with Gasteiger partial charge in [0.2, 0.25) is 0 Å². The first-order valence-corrected chi connectivity index (χ1v) is 11.5. The van der Waals surface area contributed by atoms with Gasteiger partial charge in [-0.1, -0.05) is 36.4 Å². The monoisotopic (exact) mass is 506 g/mol. The second-order valence-electron chi connectivity index (χ2n) is 8.34. The maximum atomic E-state index is 13.2. The number of methoxy groups -OCH3 is 2. The number of ether oxygens (including phenoxy) is 2. The molecule has 3 heterocycles. The molecule has 10 heteroatoms. The SMILES string of the molecule is COC(=O)C1=C(C(=O)OC)N(c2ccc3nc(-c4ccccn4)[nH]c3c2)C(N)=C(C#N)C1c1ccccc1. The Bertz CT molecular complexity index is 1650. The molecule has 0 fully saturated rings. The summed E-state index contributed by atoms with van der Waals surface area (Å²) in [6.07, 6.45) is 1.67. The second kappa shape index (κ2) is 9.91. The van der Waals surface area contributed by atoms with Gasteiger partial charge in [0.1, 0.15) is 17.2 Å². The van der Waals surface area contributed by atoms with Gasteiger partial charge in [-0.25, -0.2) is 14.6 Å². The molecule has 10 nitrogen and oxygen atoms in total. The van der Waals surface area contributed by atoms with Crippen molar-refractivity contribution in [1.29, 1.82) is 5.26 Å². The molecular weight excluding hydrogens is 484 g/mol. The molecule has 1 atom stereocenters. The van der Waals surface area contributed by atoms with Crippen LogP contribution in [0.25, 0.3) is 22.6 Å². The van der Waals surface area contributed by atoms with Gasteiger partial charge in [0.15, 0.2) is 5.82 Å². The van der Waals surface area contributed by atoms with Gasteiger partial charge < -0.3 is 20.2 Å². The van der Waals surface area contributed by atoms with Gasteiger partial charge >= 0.3 is 11.9 Å². The topological polar surface area (TPSA) is 147 Å². The van der Waals surface area contributed by atoms with Crippen LogP contribution in [0.15, 0.2) is 95.6 Å². The molecule has 0 radical (unpaired) electrons. The summed E-state index contributed by atoms with van der Waals surface area (Å²) in [6.45, 7) is 0. The van der Waals surface area contributed by atoms with Crippen LogP contribution in [0.4, 0.5) is 5.69 Å². The van der Waals surface area contributed by atoms with Gasteiger partial charge in [-0.15, -0.1) is 0 Å². The van der Waals surface area contributed by atoms with Crippen LogP contribution < -0.4 is 10.6 Å². The number of carbonyl (C=O) groups is 2. The third-order valence-electron chi connectivity index (χ3n) is 6.24. The van der Waals surface area contributed by atoms with Crippen LogP contribution in [0, 0.1) is 11.3 Å². The Kier molecular flexibility index (Phi) is 6.33. The molecule has 0 saturated heterocycles. The predicted molar refractivity (Wildman–Crippen MR) is 139 cm³/mol. The number of nitrogens with one attached hydrogen (secondary N) is 1. The van der Waals surface area contributed by atoms with Crippen LogP contribution in [0.1, 0.15) is 11.5 Å². The number of fused-ring (bicyclic) bond motifs is 1. The summed E-state index contributed by atoms with van der Waals surface area (Å²) in [4.78, 5) is 39.9. The van der Waals surface area contributed by atoms with Crippen molar-refractivity contribution in [1.82, 2.24) is 15.0 Å². The van der Waals surface area contributed by atoms with E-state index in [9.17, 15) is 14.9 Å². The number of nitrogens with two attached hydrogens (primary N) is 1. The van der Waals surface area contributed by atoms with Crippen molar-refractivity contribution < 1.29 is 19.1 Å². The predicted octanol–water partition coefficient (Wildman–Crippen LogP) is 3.52. The molecule has 0 saturated carbocycles. The van der Waals surface area contributed by atoms with Crippen molar-refractivity contribution in [2.24, 2.45) is 5.73 Å². The van der Waals surface area contributed by atoms with Crippen LogP contribution in [0.5, 0.6) is 0 Å². The van der Waals surface area contributed by atoms with E-state index in [1.165, 1.54) is 19.1 Å². The molecule has 4 aromatic rings. The Labute approximate surface area is 217 Å². The van der Waals surface area contributed by atoms with Crippen LogP contribution in [-0.2, 0) is 19.1 Å². The van der Waals surface area contributed by atoms with E-state index in [-0.39, 0.29) is 22.7 Å². The first-order valence-electron chi connectivity index (χ1n) is 11.5. The lowest BCUT2D eigenvalue weighted by Gasteiger charge is -2.35. The number of rotatable bonds is 5. The molecule has 1 aliphatic heterocycles. The quantitative estimate of drug-likeness (QED) is 0.388. The number of hydrogen-bond donors (Lipinski definition) is 2. The maximum Gasteiger partial charge on any atom is 0.355 e. The number of H-pyrrole nitrogens is 1. The summed E-state index contributed by atoms with van der Waals surface area (Å²) >= 11 is 0. The van der Waals surface area contributed by atoms with Gasteiger partial charge in [-0.2, -0.15) is 5.26 Å². The molecule has 2 aromatic heterocycles. The van der Waals surface area contributed by atoms with Crippen molar-refractivity contribution in [3.63, 3.8) is 0 Å². The lowest BCUT2D eigenvalue weighted by molar-refractivity contribution is -0.139. The Morgan fingerprint density at radius 3 is 2.42 bits per heavy atom. The first kappa shape index (κ1) is 24.3. The molecular formula is C28H22N6O4. The molecule has 0 aliphatic carbocycles. The lowest BCUT2D eigenvalue weighted by atomic mass is 9.81. The van der Waals surface area contributed by atoms with Gasteiger partial charge in [-0.3, -0.25) is 9.88 Å². The number of pyridine rings is 1. The van der Waals surface area contributed by atoms with Gasteiger partial charge in [0.25, 0.3) is 0 Å². The normalized spacial score (nSPS) is 15.4. The average Bonchev–Trinajstić information content (AvgIpc) is 3.40. The number of nitrogens with zero attached hydrogens (tertiary/aromatic N) is 4. The highest BCUT2D eigenvalue weighted by Gasteiger charge is 2.43. The lowest BCUT2D eigenvalue weighted by Crippen LogP contribution is -2.40. The van der Waals surface area contributed by atoms with Gasteiger partial charge in [0, 0.05) is 6.20 Å². The van der Waals surface area contributed by atoms with Crippen LogP contribution in [0.3, 0.4) is 0 Å². The summed E-state index contributed by atoms with van der Waals surface area (Å²) in [5.74, 6) is -2.00. The Morgan fingerprint density at radius 2 is 1.76 bits per heavy atom. The molecule has 1 unspecified atom stereocenters. The smallest absolute Gasteiger partial charge is 0.355 e. The highest BCUT2D eigenvalue weighted by Crippen LogP contribution is 2.43. The van der Waals surface area contributed by atoms with E-state index in [4.69, 9.17) is 15.2 Å². The number of nitriles is 1. The molecule has 1 aliphatic rings. The molecule has 38 heavy (non-hydrogen) atoms. The second-order valence-corrected chi connectivity index (χ2v) is 8.34. The standard InChI is InChI=1S/C28H22N6O4/c1-37-27(35)23-22(16-8-4-3-5-9-16)18(15-29)25(30)34(24(23)28(36)38-2)17-11-12-19-21(14-17)33-26(32-19)20-10-6-7-13-31-20/h3-14,22H,30H2,1-2H3,(H,32,33). The summed E-state index contributed by atoms with van der Waals surface area (Å²) in [7, 11) is 2.41. The fourth-order valence-corrected chi connectivity index (χ4v) is 4.54. The van der Waals surface area contributed by atoms with Gasteiger partial charge in [0.05, 0.1) is 54.1 Å². The number of allylic oxidation sites excluding steroid dienone is 1. The Hall–Kier alpha value is -5.43. The molecule has 0 spiro atoms. The van der Waals surface area contributed by atoms with E-state index in [2.05, 4.69) is 21.0 Å².